The Morgan fingerprint density at radius 3 is 2.57 bits per heavy atom. The van der Waals surface area contributed by atoms with Crippen molar-refractivity contribution in [2.24, 2.45) is 5.73 Å². The Labute approximate surface area is 123 Å². The maximum Gasteiger partial charge on any atom is 0.256 e. The topological polar surface area (TPSA) is 75.4 Å². The molecule has 114 valence electrons. The molecule has 6 heteroatoms. The summed E-state index contributed by atoms with van der Waals surface area (Å²) in [6.07, 6.45) is 0.981. The number of primary amides is 1. The van der Waals surface area contributed by atoms with E-state index >= 15 is 0 Å². The molecule has 2 rings (SSSR count). The summed E-state index contributed by atoms with van der Waals surface area (Å²) in [5.74, 6) is -1.19. The van der Waals surface area contributed by atoms with E-state index in [1.165, 1.54) is 5.56 Å². The maximum atomic E-state index is 14.0. The van der Waals surface area contributed by atoms with Crippen LogP contribution in [0.1, 0.15) is 18.9 Å². The molecule has 0 radical (unpaired) electrons. The summed E-state index contributed by atoms with van der Waals surface area (Å²) in [5.41, 5.74) is 4.92. The fourth-order valence-electron chi connectivity index (χ4n) is 2.41. The minimum absolute atomic E-state index is 0.0425. The number of likely N-dealkylation sites (tertiary alicyclic amines) is 1. The van der Waals surface area contributed by atoms with Crippen LogP contribution in [0.4, 0.5) is 10.1 Å². The quantitative estimate of drug-likeness (QED) is 0.853. The number of hydrogen-bond acceptors (Lipinski definition) is 3. The minimum atomic E-state index is -2.01. The molecule has 2 amide bonds. The zero-order valence-electron chi connectivity index (χ0n) is 12.1. The number of hydrogen-bond donors (Lipinski definition) is 2. The number of nitrogens with two attached hydrogens (primary N) is 1. The maximum absolute atomic E-state index is 14.0. The van der Waals surface area contributed by atoms with Gasteiger partial charge in [-0.3, -0.25) is 14.5 Å². The number of carbonyl (C=O) groups excluding carboxylic acids is 2. The molecule has 1 heterocycles. The molecule has 0 bridgehead atoms. The molecule has 1 aromatic carbocycles. The van der Waals surface area contributed by atoms with Crippen molar-refractivity contribution in [3.8, 4) is 0 Å². The highest BCUT2D eigenvalue weighted by Crippen LogP contribution is 2.25. The van der Waals surface area contributed by atoms with Gasteiger partial charge in [-0.05, 0) is 24.1 Å². The third kappa shape index (κ3) is 3.78. The fourth-order valence-corrected chi connectivity index (χ4v) is 2.41. The first-order valence-electron chi connectivity index (χ1n) is 7.03. The Morgan fingerprint density at radius 1 is 1.38 bits per heavy atom. The molecule has 1 atom stereocenters. The number of halogens is 1. The van der Waals surface area contributed by atoms with Gasteiger partial charge in [-0.15, -0.1) is 0 Å². The summed E-state index contributed by atoms with van der Waals surface area (Å²) >= 11 is 0. The van der Waals surface area contributed by atoms with E-state index in [4.69, 9.17) is 5.73 Å². The number of nitrogens with one attached hydrogen (secondary N) is 1. The van der Waals surface area contributed by atoms with Gasteiger partial charge in [-0.25, -0.2) is 4.39 Å². The Kier molecular flexibility index (Phi) is 4.57. The van der Waals surface area contributed by atoms with E-state index in [1.807, 2.05) is 24.3 Å². The van der Waals surface area contributed by atoms with Crippen LogP contribution >= 0.6 is 0 Å². The monoisotopic (exact) mass is 293 g/mol. The molecule has 1 unspecified atom stereocenters. The van der Waals surface area contributed by atoms with E-state index in [9.17, 15) is 14.0 Å². The molecule has 1 aromatic rings. The van der Waals surface area contributed by atoms with Crippen molar-refractivity contribution in [3.05, 3.63) is 29.8 Å². The highest BCUT2D eigenvalue weighted by atomic mass is 19.1. The normalized spacial score (nSPS) is 22.2. The molecule has 5 nitrogen and oxygen atoms in total. The molecule has 1 fully saturated rings. The van der Waals surface area contributed by atoms with Gasteiger partial charge in [0.25, 0.3) is 5.91 Å². The van der Waals surface area contributed by atoms with Gasteiger partial charge >= 0.3 is 0 Å². The molecule has 0 saturated carbocycles. The van der Waals surface area contributed by atoms with Crippen molar-refractivity contribution in [2.45, 2.75) is 25.4 Å². The number of rotatable bonds is 5. The molecule has 0 spiro atoms. The second-order valence-corrected chi connectivity index (χ2v) is 5.39. The Bertz CT molecular complexity index is 532. The molecular formula is C15H20FN3O2. The molecule has 21 heavy (non-hydrogen) atoms. The number of alkyl halides is 1. The SMILES string of the molecule is CCc1ccc(NC(=O)CN2CCC(F)(C(N)=O)C2)cc1. The molecule has 0 aliphatic carbocycles. The van der Waals surface area contributed by atoms with Gasteiger partial charge in [0, 0.05) is 25.2 Å². The lowest BCUT2D eigenvalue weighted by molar-refractivity contribution is -0.129. The van der Waals surface area contributed by atoms with Crippen molar-refractivity contribution < 1.29 is 14.0 Å². The average Bonchev–Trinajstić information content (AvgIpc) is 2.82. The largest absolute Gasteiger partial charge is 0.367 e. The van der Waals surface area contributed by atoms with Gasteiger partial charge in [0.1, 0.15) is 0 Å². The zero-order chi connectivity index (χ0) is 15.5. The lowest BCUT2D eigenvalue weighted by atomic mass is 10.1. The number of aryl methyl sites for hydroxylation is 1. The van der Waals surface area contributed by atoms with Gasteiger partial charge in [-0.2, -0.15) is 0 Å². The van der Waals surface area contributed by atoms with Gasteiger partial charge in [-0.1, -0.05) is 19.1 Å². The smallest absolute Gasteiger partial charge is 0.256 e. The van der Waals surface area contributed by atoms with Gasteiger partial charge in [0.05, 0.1) is 6.54 Å². The molecule has 1 saturated heterocycles. The van der Waals surface area contributed by atoms with E-state index in [0.29, 0.717) is 12.2 Å². The van der Waals surface area contributed by atoms with Gasteiger partial charge < -0.3 is 11.1 Å². The van der Waals surface area contributed by atoms with E-state index in [2.05, 4.69) is 12.2 Å². The van der Waals surface area contributed by atoms with Crippen LogP contribution in [-0.4, -0.2) is 42.0 Å². The van der Waals surface area contributed by atoms with E-state index in [-0.39, 0.29) is 25.4 Å². The molecule has 1 aliphatic rings. The van der Waals surface area contributed by atoms with Crippen LogP contribution in [0.5, 0.6) is 0 Å². The summed E-state index contributed by atoms with van der Waals surface area (Å²) in [4.78, 5) is 24.5. The average molecular weight is 293 g/mol. The third-order valence-corrected chi connectivity index (χ3v) is 3.75. The number of carbonyl (C=O) groups is 2. The van der Waals surface area contributed by atoms with E-state index in [1.54, 1.807) is 4.90 Å². The molecule has 1 aliphatic heterocycles. The molecule has 0 aromatic heterocycles. The summed E-state index contributed by atoms with van der Waals surface area (Å²) in [6, 6.07) is 7.57. The van der Waals surface area contributed by atoms with E-state index < -0.39 is 11.6 Å². The van der Waals surface area contributed by atoms with Crippen molar-refractivity contribution in [3.63, 3.8) is 0 Å². The third-order valence-electron chi connectivity index (χ3n) is 3.75. The number of amides is 2. The zero-order valence-corrected chi connectivity index (χ0v) is 12.1. The predicted molar refractivity (Wildman–Crippen MR) is 78.5 cm³/mol. The Morgan fingerprint density at radius 2 is 2.05 bits per heavy atom. The molecular weight excluding hydrogens is 273 g/mol. The summed E-state index contributed by atoms with van der Waals surface area (Å²) in [6.45, 7) is 2.34. The first kappa shape index (κ1) is 15.4. The molecule has 3 N–H and O–H groups in total. The van der Waals surface area contributed by atoms with Crippen LogP contribution in [0, 0.1) is 0 Å². The lowest BCUT2D eigenvalue weighted by Gasteiger charge is -2.17. The predicted octanol–water partition coefficient (Wildman–Crippen LogP) is 1.09. The van der Waals surface area contributed by atoms with Crippen molar-refractivity contribution in [1.29, 1.82) is 0 Å². The summed E-state index contributed by atoms with van der Waals surface area (Å²) in [5, 5.41) is 2.76. The van der Waals surface area contributed by atoms with Crippen LogP contribution < -0.4 is 11.1 Å². The summed E-state index contributed by atoms with van der Waals surface area (Å²) in [7, 11) is 0. The Balaban J connectivity index is 1.86. The minimum Gasteiger partial charge on any atom is -0.367 e. The number of benzene rings is 1. The number of nitrogens with zero attached hydrogens (tertiary/aromatic N) is 1. The fraction of sp³-hybridized carbons (Fsp3) is 0.467. The summed E-state index contributed by atoms with van der Waals surface area (Å²) < 4.78 is 14.0. The van der Waals surface area contributed by atoms with Crippen LogP contribution in [0.25, 0.3) is 0 Å². The van der Waals surface area contributed by atoms with E-state index in [0.717, 1.165) is 6.42 Å². The van der Waals surface area contributed by atoms with Gasteiger partial charge in [0.15, 0.2) is 0 Å². The van der Waals surface area contributed by atoms with Crippen molar-refractivity contribution in [2.75, 3.05) is 25.0 Å². The van der Waals surface area contributed by atoms with Crippen LogP contribution in [0.15, 0.2) is 24.3 Å². The van der Waals surface area contributed by atoms with Crippen LogP contribution in [-0.2, 0) is 16.0 Å². The standard InChI is InChI=1S/C15H20FN3O2/c1-2-11-3-5-12(6-4-11)18-13(20)9-19-8-7-15(16,10-19)14(17)21/h3-6H,2,7-10H2,1H3,(H2,17,21)(H,18,20). The van der Waals surface area contributed by atoms with Crippen LogP contribution in [0.2, 0.25) is 0 Å². The second kappa shape index (κ2) is 6.22. The van der Waals surface area contributed by atoms with Crippen molar-refractivity contribution in [1.82, 2.24) is 4.90 Å². The van der Waals surface area contributed by atoms with Crippen LogP contribution in [0.3, 0.4) is 0 Å². The second-order valence-electron chi connectivity index (χ2n) is 5.39. The van der Waals surface area contributed by atoms with Crippen molar-refractivity contribution >= 4 is 17.5 Å². The highest BCUT2D eigenvalue weighted by molar-refractivity contribution is 5.92. The first-order chi connectivity index (χ1) is 9.93. The highest BCUT2D eigenvalue weighted by Gasteiger charge is 2.43. The number of anilines is 1. The Hall–Kier alpha value is -1.95. The van der Waals surface area contributed by atoms with Gasteiger partial charge in [0.2, 0.25) is 11.6 Å². The lowest BCUT2D eigenvalue weighted by Crippen LogP contribution is -2.43. The first-order valence-corrected chi connectivity index (χ1v) is 7.03.